The Morgan fingerprint density at radius 3 is 1.56 bits per heavy atom. The first kappa shape index (κ1) is 47.8. The van der Waals surface area contributed by atoms with Crippen LogP contribution in [0.1, 0.15) is 169 Å². The van der Waals surface area contributed by atoms with Crippen LogP contribution >= 0.6 is 0 Å². The van der Waals surface area contributed by atoms with E-state index in [1.165, 1.54) is 96.3 Å². The summed E-state index contributed by atoms with van der Waals surface area (Å²) in [4.78, 5) is 0. The number of methoxy groups -OCH3 is 3. The molecule has 3 aliphatic rings. The molecule has 0 radical (unpaired) electrons. The monoisotopic (exact) mass is 745 g/mol. The Labute approximate surface area is 320 Å². The molecule has 3 rings (SSSR count). The van der Waals surface area contributed by atoms with E-state index >= 15 is 0 Å². The molecular formula is C43H84O9. The highest BCUT2D eigenvalue weighted by Gasteiger charge is 2.47. The molecule has 0 bridgehead atoms. The van der Waals surface area contributed by atoms with Gasteiger partial charge in [0.15, 0.2) is 0 Å². The summed E-state index contributed by atoms with van der Waals surface area (Å²) in [5.41, 5.74) is 0. The van der Waals surface area contributed by atoms with Crippen LogP contribution in [-0.2, 0) is 42.6 Å². The maximum Gasteiger partial charge on any atom is 0.285 e. The van der Waals surface area contributed by atoms with Gasteiger partial charge in [-0.1, -0.05) is 97.3 Å². The third-order valence-electron chi connectivity index (χ3n) is 11.2. The minimum absolute atomic E-state index is 0.255. The van der Waals surface area contributed by atoms with E-state index in [2.05, 4.69) is 13.8 Å². The fourth-order valence-corrected chi connectivity index (χ4v) is 8.19. The predicted octanol–water partition coefficient (Wildman–Crippen LogP) is 10.6. The first-order chi connectivity index (χ1) is 25.4. The van der Waals surface area contributed by atoms with Crippen LogP contribution in [0.2, 0.25) is 0 Å². The zero-order chi connectivity index (χ0) is 37.9. The van der Waals surface area contributed by atoms with Crippen LogP contribution in [-0.4, -0.2) is 91.2 Å². The number of ether oxygens (including phenoxy) is 9. The molecule has 2 aliphatic heterocycles. The Kier molecular flexibility index (Phi) is 26.6. The minimum Gasteiger partial charge on any atom is -0.379 e. The third kappa shape index (κ3) is 18.5. The minimum atomic E-state index is -0.898. The van der Waals surface area contributed by atoms with Gasteiger partial charge in [-0.2, -0.15) is 0 Å². The van der Waals surface area contributed by atoms with E-state index in [0.717, 1.165) is 58.3 Å². The Balaban J connectivity index is 0.000000364. The van der Waals surface area contributed by atoms with Gasteiger partial charge in [0.05, 0.1) is 25.4 Å². The molecule has 0 aromatic carbocycles. The Morgan fingerprint density at radius 2 is 1.08 bits per heavy atom. The van der Waals surface area contributed by atoms with Gasteiger partial charge in [-0.15, -0.1) is 0 Å². The summed E-state index contributed by atoms with van der Waals surface area (Å²) in [6, 6.07) is 0. The van der Waals surface area contributed by atoms with Gasteiger partial charge in [-0.05, 0) is 78.1 Å². The fraction of sp³-hybridized carbons (Fsp3) is 1.00. The van der Waals surface area contributed by atoms with Gasteiger partial charge in [0.25, 0.3) is 11.9 Å². The van der Waals surface area contributed by atoms with E-state index in [1.54, 1.807) is 21.3 Å². The molecule has 0 spiro atoms. The molecule has 9 nitrogen and oxygen atoms in total. The van der Waals surface area contributed by atoms with Gasteiger partial charge in [0, 0.05) is 59.6 Å². The average molecular weight is 745 g/mol. The number of hydrogen-bond acceptors (Lipinski definition) is 9. The number of rotatable bonds is 34. The van der Waals surface area contributed by atoms with Crippen molar-refractivity contribution in [2.75, 3.05) is 61.0 Å². The summed E-state index contributed by atoms with van der Waals surface area (Å²) in [7, 11) is 5.09. The van der Waals surface area contributed by atoms with Crippen molar-refractivity contribution in [2.24, 2.45) is 17.8 Å². The highest BCUT2D eigenvalue weighted by molar-refractivity contribution is 4.93. The number of epoxide rings is 2. The second-order valence-electron chi connectivity index (χ2n) is 15.3. The van der Waals surface area contributed by atoms with Crippen molar-refractivity contribution in [1.29, 1.82) is 0 Å². The lowest BCUT2D eigenvalue weighted by Gasteiger charge is -2.39. The first-order valence-electron chi connectivity index (χ1n) is 21.8. The van der Waals surface area contributed by atoms with Crippen molar-refractivity contribution in [3.8, 4) is 0 Å². The van der Waals surface area contributed by atoms with Gasteiger partial charge in [0.2, 0.25) is 0 Å². The van der Waals surface area contributed by atoms with E-state index in [9.17, 15) is 0 Å². The average Bonchev–Trinajstić information content (AvgIpc) is 4.09. The Bertz CT molecular complexity index is 795. The van der Waals surface area contributed by atoms with Crippen molar-refractivity contribution in [2.45, 2.75) is 200 Å². The van der Waals surface area contributed by atoms with E-state index in [0.29, 0.717) is 44.1 Å². The molecule has 0 amide bonds. The Hall–Kier alpha value is -0.360. The van der Waals surface area contributed by atoms with E-state index in [1.807, 2.05) is 20.8 Å². The molecule has 3 fully saturated rings. The molecule has 1 saturated carbocycles. The van der Waals surface area contributed by atoms with Crippen LogP contribution < -0.4 is 0 Å². The lowest BCUT2D eigenvalue weighted by Crippen LogP contribution is -2.46. The smallest absolute Gasteiger partial charge is 0.285 e. The van der Waals surface area contributed by atoms with E-state index in [4.69, 9.17) is 42.6 Å². The summed E-state index contributed by atoms with van der Waals surface area (Å²) < 4.78 is 51.9. The Morgan fingerprint density at radius 1 is 0.577 bits per heavy atom. The van der Waals surface area contributed by atoms with Gasteiger partial charge in [0.1, 0.15) is 6.10 Å². The van der Waals surface area contributed by atoms with Crippen molar-refractivity contribution < 1.29 is 42.6 Å². The molecule has 0 aromatic rings. The van der Waals surface area contributed by atoms with Crippen molar-refractivity contribution in [3.63, 3.8) is 0 Å². The van der Waals surface area contributed by atoms with Crippen LogP contribution in [0.25, 0.3) is 0 Å². The second kappa shape index (κ2) is 29.0. The van der Waals surface area contributed by atoms with E-state index in [-0.39, 0.29) is 11.8 Å². The molecule has 2 saturated heterocycles. The van der Waals surface area contributed by atoms with Gasteiger partial charge < -0.3 is 42.6 Å². The van der Waals surface area contributed by atoms with E-state index < -0.39 is 11.9 Å². The molecular weight excluding hydrogens is 660 g/mol. The van der Waals surface area contributed by atoms with Crippen molar-refractivity contribution >= 4 is 0 Å². The molecule has 0 N–H and O–H groups in total. The first-order valence-corrected chi connectivity index (χ1v) is 21.8. The third-order valence-corrected chi connectivity index (χ3v) is 11.2. The van der Waals surface area contributed by atoms with Gasteiger partial charge >= 0.3 is 0 Å². The number of unbranched alkanes of at least 4 members (excludes halogenated alkanes) is 11. The predicted molar refractivity (Wildman–Crippen MR) is 209 cm³/mol. The summed E-state index contributed by atoms with van der Waals surface area (Å²) in [6.45, 7) is 14.8. The van der Waals surface area contributed by atoms with Gasteiger partial charge in [-0.25, -0.2) is 0 Å². The summed E-state index contributed by atoms with van der Waals surface area (Å²) in [6.07, 6.45) is 27.3. The molecule has 9 heteroatoms. The fourth-order valence-electron chi connectivity index (χ4n) is 8.19. The van der Waals surface area contributed by atoms with Crippen LogP contribution in [0.15, 0.2) is 0 Å². The van der Waals surface area contributed by atoms with Crippen LogP contribution in [0.5, 0.6) is 0 Å². The standard InChI is InChI=1S/C23H46O5.C20H38O4/c1-5-9-10-11-12-13-16-21(17-14-15-18-24-19-22-20-25-22)23(26-6-2,27-7-3)28-8-4;1-5-6-7-8-9-10-11-17(20(21-2,22-3)23-4)14-16-12-13-18-19(15-16)24-18/h21-22H,5-20H2,1-4H3;16-19H,5-15H2,1-4H3. The molecule has 310 valence electrons. The topological polar surface area (TPSA) is 89.7 Å². The van der Waals surface area contributed by atoms with Crippen LogP contribution in [0.4, 0.5) is 0 Å². The molecule has 1 aliphatic carbocycles. The maximum atomic E-state index is 6.09. The number of fused-ring (bicyclic) bond motifs is 1. The zero-order valence-corrected chi connectivity index (χ0v) is 35.2. The highest BCUT2D eigenvalue weighted by atomic mass is 16.9. The summed E-state index contributed by atoms with van der Waals surface area (Å²) in [5, 5.41) is 0. The second-order valence-corrected chi connectivity index (χ2v) is 15.3. The van der Waals surface area contributed by atoms with Crippen LogP contribution in [0, 0.1) is 17.8 Å². The summed E-state index contributed by atoms with van der Waals surface area (Å²) in [5.74, 6) is -0.553. The molecule has 6 unspecified atom stereocenters. The highest BCUT2D eigenvalue weighted by Crippen LogP contribution is 2.44. The van der Waals surface area contributed by atoms with Crippen molar-refractivity contribution in [3.05, 3.63) is 0 Å². The quantitative estimate of drug-likeness (QED) is 0.0363. The maximum absolute atomic E-state index is 6.09. The van der Waals surface area contributed by atoms with Gasteiger partial charge in [-0.3, -0.25) is 0 Å². The molecule has 52 heavy (non-hydrogen) atoms. The zero-order valence-electron chi connectivity index (χ0n) is 35.2. The summed E-state index contributed by atoms with van der Waals surface area (Å²) >= 11 is 0. The lowest BCUT2D eigenvalue weighted by atomic mass is 9.80. The molecule has 2 heterocycles. The largest absolute Gasteiger partial charge is 0.379 e. The number of hydrogen-bond donors (Lipinski definition) is 0. The van der Waals surface area contributed by atoms with Crippen molar-refractivity contribution in [1.82, 2.24) is 0 Å². The lowest BCUT2D eigenvalue weighted by molar-refractivity contribution is -0.403. The molecule has 6 atom stereocenters. The SMILES string of the molecule is CCCCCCCCC(CC1CCC2OC2C1)C(OC)(OC)OC.CCCCCCCCC(CCCCOCC1CO1)C(OCC)(OCC)OCC. The normalized spacial score (nSPS) is 22.4. The molecule has 0 aromatic heterocycles. The van der Waals surface area contributed by atoms with Crippen LogP contribution in [0.3, 0.4) is 0 Å².